The van der Waals surface area contributed by atoms with Crippen molar-refractivity contribution in [3.05, 3.63) is 27.5 Å². The number of thiophene rings is 2. The van der Waals surface area contributed by atoms with Crippen molar-refractivity contribution in [2.75, 3.05) is 5.73 Å². The predicted octanol–water partition coefficient (Wildman–Crippen LogP) is 4.18. The van der Waals surface area contributed by atoms with Gasteiger partial charge >= 0.3 is 0 Å². The molecule has 0 bridgehead atoms. The van der Waals surface area contributed by atoms with Crippen LogP contribution in [0.15, 0.2) is 26.5 Å². The van der Waals surface area contributed by atoms with E-state index in [9.17, 15) is 0 Å². The minimum atomic E-state index is 0.522. The summed E-state index contributed by atoms with van der Waals surface area (Å²) in [7, 11) is 0. The summed E-state index contributed by atoms with van der Waals surface area (Å²) in [5.41, 5.74) is 6.82. The lowest BCUT2D eigenvalue weighted by Crippen LogP contribution is -1.76. The Morgan fingerprint density at radius 1 is 1.33 bits per heavy atom. The van der Waals surface area contributed by atoms with Crippen LogP contribution in [0.1, 0.15) is 5.56 Å². The summed E-state index contributed by atoms with van der Waals surface area (Å²) in [5.74, 6) is 1.13. The fourth-order valence-electron chi connectivity index (χ4n) is 1.57. The molecule has 92 valence electrons. The van der Waals surface area contributed by atoms with E-state index in [1.807, 2.05) is 25.1 Å². The second-order valence-corrected chi connectivity index (χ2v) is 7.23. The zero-order valence-corrected chi connectivity index (χ0v) is 12.5. The van der Waals surface area contributed by atoms with Gasteiger partial charge in [0.1, 0.15) is 0 Å². The normalized spacial score (nSPS) is 11.0. The molecule has 7 heteroatoms. The van der Waals surface area contributed by atoms with Crippen LogP contribution in [0, 0.1) is 6.92 Å². The number of rotatable bonds is 2. The molecular formula is C11H8BrN3OS2. The Morgan fingerprint density at radius 3 is 2.78 bits per heavy atom. The molecule has 0 aliphatic heterocycles. The number of hydrogen-bond acceptors (Lipinski definition) is 6. The topological polar surface area (TPSA) is 64.9 Å². The fourth-order valence-corrected chi connectivity index (χ4v) is 3.74. The highest BCUT2D eigenvalue weighted by molar-refractivity contribution is 9.11. The molecule has 0 saturated carbocycles. The van der Waals surface area contributed by atoms with Gasteiger partial charge < -0.3 is 10.3 Å². The van der Waals surface area contributed by atoms with Crippen LogP contribution in [0.4, 0.5) is 5.00 Å². The van der Waals surface area contributed by atoms with E-state index < -0.39 is 0 Å². The minimum absolute atomic E-state index is 0.522. The highest BCUT2D eigenvalue weighted by Gasteiger charge is 2.15. The number of hydrogen-bond donors (Lipinski definition) is 1. The maximum absolute atomic E-state index is 5.76. The van der Waals surface area contributed by atoms with E-state index in [0.717, 1.165) is 24.1 Å². The highest BCUT2D eigenvalue weighted by atomic mass is 79.9. The molecule has 3 rings (SSSR count). The number of anilines is 1. The number of nitrogens with two attached hydrogens (primary N) is 1. The molecule has 0 spiro atoms. The molecule has 0 radical (unpaired) electrons. The Balaban J connectivity index is 2.01. The molecule has 0 aliphatic rings. The average molecular weight is 342 g/mol. The lowest BCUT2D eigenvalue weighted by Gasteiger charge is -1.88. The summed E-state index contributed by atoms with van der Waals surface area (Å²) in [6.07, 6.45) is 0. The van der Waals surface area contributed by atoms with Crippen LogP contribution in [0.25, 0.3) is 21.5 Å². The first-order chi connectivity index (χ1) is 8.63. The van der Waals surface area contributed by atoms with Crippen LogP contribution in [-0.4, -0.2) is 10.1 Å². The van der Waals surface area contributed by atoms with Crippen LogP contribution in [0.3, 0.4) is 0 Å². The predicted molar refractivity (Wildman–Crippen MR) is 77.8 cm³/mol. The Morgan fingerprint density at radius 2 is 2.17 bits per heavy atom. The van der Waals surface area contributed by atoms with Gasteiger partial charge in [-0.3, -0.25) is 0 Å². The maximum Gasteiger partial charge on any atom is 0.268 e. The first-order valence-electron chi connectivity index (χ1n) is 5.09. The quantitative estimate of drug-likeness (QED) is 0.759. The van der Waals surface area contributed by atoms with Crippen LogP contribution in [0.5, 0.6) is 0 Å². The SMILES string of the molecule is Cc1cc(N)sc1-c1nc(-c2ccc(Br)s2)no1. The van der Waals surface area contributed by atoms with Crippen molar-refractivity contribution < 1.29 is 4.52 Å². The number of aryl methyl sites for hydroxylation is 1. The van der Waals surface area contributed by atoms with Gasteiger partial charge in [0, 0.05) is 0 Å². The van der Waals surface area contributed by atoms with E-state index in [-0.39, 0.29) is 0 Å². The van der Waals surface area contributed by atoms with Gasteiger partial charge in [-0.2, -0.15) is 4.98 Å². The zero-order valence-electron chi connectivity index (χ0n) is 9.31. The van der Waals surface area contributed by atoms with E-state index in [2.05, 4.69) is 26.1 Å². The third-order valence-electron chi connectivity index (χ3n) is 2.35. The van der Waals surface area contributed by atoms with Crippen LogP contribution in [-0.2, 0) is 0 Å². The molecule has 0 fully saturated rings. The number of halogens is 1. The Labute approximate surface area is 120 Å². The molecule has 0 aliphatic carbocycles. The third kappa shape index (κ3) is 2.09. The molecule has 18 heavy (non-hydrogen) atoms. The summed E-state index contributed by atoms with van der Waals surface area (Å²) in [6, 6.07) is 5.83. The van der Waals surface area contributed by atoms with Crippen molar-refractivity contribution in [1.29, 1.82) is 0 Å². The average Bonchev–Trinajstić information content (AvgIpc) is 2.98. The lowest BCUT2D eigenvalue weighted by molar-refractivity contribution is 0.433. The molecule has 3 aromatic heterocycles. The second kappa shape index (κ2) is 4.49. The van der Waals surface area contributed by atoms with Gasteiger partial charge in [0.15, 0.2) is 0 Å². The van der Waals surface area contributed by atoms with Crippen molar-refractivity contribution >= 4 is 43.6 Å². The minimum Gasteiger partial charge on any atom is -0.391 e. The first kappa shape index (κ1) is 11.9. The summed E-state index contributed by atoms with van der Waals surface area (Å²) in [6.45, 7) is 1.98. The van der Waals surface area contributed by atoms with Crippen molar-refractivity contribution in [3.8, 4) is 21.5 Å². The van der Waals surface area contributed by atoms with Crippen LogP contribution < -0.4 is 5.73 Å². The van der Waals surface area contributed by atoms with Crippen LogP contribution in [0.2, 0.25) is 0 Å². The molecule has 0 amide bonds. The van der Waals surface area contributed by atoms with Crippen molar-refractivity contribution in [2.24, 2.45) is 0 Å². The van der Waals surface area contributed by atoms with E-state index in [0.29, 0.717) is 11.7 Å². The summed E-state index contributed by atoms with van der Waals surface area (Å²) < 4.78 is 6.34. The first-order valence-corrected chi connectivity index (χ1v) is 7.52. The molecular weight excluding hydrogens is 334 g/mol. The molecule has 4 nitrogen and oxygen atoms in total. The largest absolute Gasteiger partial charge is 0.391 e. The smallest absolute Gasteiger partial charge is 0.268 e. The molecule has 0 unspecified atom stereocenters. The molecule has 3 aromatic rings. The van der Waals surface area contributed by atoms with E-state index in [4.69, 9.17) is 10.3 Å². The number of nitrogen functional groups attached to an aromatic ring is 1. The van der Waals surface area contributed by atoms with Crippen LogP contribution >= 0.6 is 38.6 Å². The molecule has 3 heterocycles. The molecule has 0 atom stereocenters. The summed E-state index contributed by atoms with van der Waals surface area (Å²) in [4.78, 5) is 6.31. The number of nitrogens with zero attached hydrogens (tertiary/aromatic N) is 2. The van der Waals surface area contributed by atoms with Gasteiger partial charge in [-0.05, 0) is 46.6 Å². The van der Waals surface area contributed by atoms with Gasteiger partial charge in [-0.1, -0.05) is 5.16 Å². The number of aromatic nitrogens is 2. The second-order valence-electron chi connectivity index (χ2n) is 3.69. The zero-order chi connectivity index (χ0) is 12.7. The highest BCUT2D eigenvalue weighted by Crippen LogP contribution is 2.35. The maximum atomic E-state index is 5.76. The Hall–Kier alpha value is -1.18. The standard InChI is InChI=1S/C11H8BrN3OS2/c1-5-4-8(13)18-9(5)11-14-10(15-16-11)6-2-3-7(12)17-6/h2-4H,13H2,1H3. The van der Waals surface area contributed by atoms with Gasteiger partial charge in [0.25, 0.3) is 5.89 Å². The molecule has 0 aromatic carbocycles. The molecule has 2 N–H and O–H groups in total. The van der Waals surface area contributed by atoms with Gasteiger partial charge in [0.2, 0.25) is 5.82 Å². The van der Waals surface area contributed by atoms with E-state index in [1.54, 1.807) is 11.3 Å². The van der Waals surface area contributed by atoms with E-state index >= 15 is 0 Å². The third-order valence-corrected chi connectivity index (χ3v) is 5.02. The van der Waals surface area contributed by atoms with Crippen molar-refractivity contribution in [3.63, 3.8) is 0 Å². The summed E-state index contributed by atoms with van der Waals surface area (Å²) in [5, 5.41) is 4.75. The van der Waals surface area contributed by atoms with Crippen molar-refractivity contribution in [1.82, 2.24) is 10.1 Å². The van der Waals surface area contributed by atoms with Gasteiger partial charge in [-0.15, -0.1) is 22.7 Å². The Kier molecular flexibility index (Phi) is 2.96. The van der Waals surface area contributed by atoms with Gasteiger partial charge in [-0.25, -0.2) is 0 Å². The monoisotopic (exact) mass is 341 g/mol. The molecule has 0 saturated heterocycles. The Bertz CT molecular complexity index is 701. The fraction of sp³-hybridized carbons (Fsp3) is 0.0909. The lowest BCUT2D eigenvalue weighted by atomic mass is 10.3. The van der Waals surface area contributed by atoms with Gasteiger partial charge in [0.05, 0.1) is 18.5 Å². The summed E-state index contributed by atoms with van der Waals surface area (Å²) >= 11 is 6.44. The van der Waals surface area contributed by atoms with E-state index in [1.165, 1.54) is 11.3 Å². The van der Waals surface area contributed by atoms with Crippen molar-refractivity contribution in [2.45, 2.75) is 6.92 Å².